The van der Waals surface area contributed by atoms with Crippen LogP contribution in [0, 0.1) is 0 Å². The number of halogens is 1. The van der Waals surface area contributed by atoms with Crippen LogP contribution in [-0.2, 0) is 6.54 Å². The van der Waals surface area contributed by atoms with Gasteiger partial charge in [0.2, 0.25) is 0 Å². The van der Waals surface area contributed by atoms with E-state index in [1.165, 1.54) is 0 Å². The second kappa shape index (κ2) is 6.59. The summed E-state index contributed by atoms with van der Waals surface area (Å²) in [6, 6.07) is 10.6. The number of rotatable bonds is 4. The van der Waals surface area contributed by atoms with Crippen LogP contribution >= 0.6 is 11.6 Å². The molecule has 0 spiro atoms. The van der Waals surface area contributed by atoms with Crippen LogP contribution in [0.3, 0.4) is 0 Å². The van der Waals surface area contributed by atoms with Crippen LogP contribution < -0.4 is 5.73 Å². The molecule has 5 heteroatoms. The third-order valence-corrected chi connectivity index (χ3v) is 3.49. The first-order valence-corrected chi connectivity index (χ1v) is 7.12. The first kappa shape index (κ1) is 15.3. The lowest BCUT2D eigenvalue weighted by Crippen LogP contribution is -2.36. The van der Waals surface area contributed by atoms with E-state index in [-0.39, 0.29) is 11.9 Å². The summed E-state index contributed by atoms with van der Waals surface area (Å²) in [5.74, 6) is -0.145. The van der Waals surface area contributed by atoms with Gasteiger partial charge < -0.3 is 10.6 Å². The van der Waals surface area contributed by atoms with Gasteiger partial charge in [-0.1, -0.05) is 17.7 Å². The molecule has 0 saturated heterocycles. The van der Waals surface area contributed by atoms with E-state index in [0.717, 1.165) is 5.69 Å². The molecule has 0 radical (unpaired) electrons. The normalized spacial score (nSPS) is 10.7. The maximum atomic E-state index is 12.7. The number of nitrogen functional groups attached to an aromatic ring is 1. The molecule has 110 valence electrons. The van der Waals surface area contributed by atoms with Gasteiger partial charge in [-0.15, -0.1) is 0 Å². The molecule has 21 heavy (non-hydrogen) atoms. The minimum absolute atomic E-state index is 0.0250. The van der Waals surface area contributed by atoms with Gasteiger partial charge in [-0.2, -0.15) is 0 Å². The van der Waals surface area contributed by atoms with Crippen molar-refractivity contribution in [1.29, 1.82) is 0 Å². The molecule has 1 aromatic carbocycles. The molecule has 0 aliphatic rings. The molecule has 2 rings (SSSR count). The molecule has 0 unspecified atom stereocenters. The van der Waals surface area contributed by atoms with E-state index in [0.29, 0.717) is 22.8 Å². The maximum Gasteiger partial charge on any atom is 0.256 e. The maximum absolute atomic E-state index is 12.7. The number of nitrogens with two attached hydrogens (primary N) is 1. The molecule has 4 nitrogen and oxygen atoms in total. The summed E-state index contributed by atoms with van der Waals surface area (Å²) < 4.78 is 0. The standard InChI is InChI=1S/C16H18ClN3O/c1-11(2)20(10-13-5-3-4-8-19-13)16(21)14-9-12(18)6-7-15(14)17/h3-9,11H,10,18H2,1-2H3. The van der Waals surface area contributed by atoms with Crippen LogP contribution in [0.4, 0.5) is 5.69 Å². The van der Waals surface area contributed by atoms with Crippen LogP contribution in [-0.4, -0.2) is 21.8 Å². The highest BCUT2D eigenvalue weighted by Gasteiger charge is 2.21. The highest BCUT2D eigenvalue weighted by atomic mass is 35.5. The summed E-state index contributed by atoms with van der Waals surface area (Å²) >= 11 is 6.12. The number of pyridine rings is 1. The fraction of sp³-hybridized carbons (Fsp3) is 0.250. The molecule has 2 aromatic rings. The van der Waals surface area contributed by atoms with Gasteiger partial charge in [-0.3, -0.25) is 9.78 Å². The molecule has 0 saturated carbocycles. The highest BCUT2D eigenvalue weighted by molar-refractivity contribution is 6.34. The summed E-state index contributed by atoms with van der Waals surface area (Å²) in [7, 11) is 0. The zero-order valence-corrected chi connectivity index (χ0v) is 12.8. The number of amides is 1. The van der Waals surface area contributed by atoms with Gasteiger partial charge in [0.05, 0.1) is 22.8 Å². The average molecular weight is 304 g/mol. The van der Waals surface area contributed by atoms with Crippen LogP contribution in [0.1, 0.15) is 29.9 Å². The van der Waals surface area contributed by atoms with Crippen LogP contribution in [0.15, 0.2) is 42.6 Å². The van der Waals surface area contributed by atoms with Gasteiger partial charge in [0.25, 0.3) is 5.91 Å². The number of benzene rings is 1. The molecule has 1 aromatic heterocycles. The van der Waals surface area contributed by atoms with E-state index >= 15 is 0 Å². The molecular weight excluding hydrogens is 286 g/mol. The number of hydrogen-bond donors (Lipinski definition) is 1. The Morgan fingerprint density at radius 3 is 2.71 bits per heavy atom. The van der Waals surface area contributed by atoms with Crippen molar-refractivity contribution < 1.29 is 4.79 Å². The predicted octanol–water partition coefficient (Wildman–Crippen LogP) is 3.37. The largest absolute Gasteiger partial charge is 0.399 e. The van der Waals surface area contributed by atoms with E-state index < -0.39 is 0 Å². The second-order valence-corrected chi connectivity index (χ2v) is 5.49. The summed E-state index contributed by atoms with van der Waals surface area (Å²) in [6.45, 7) is 4.35. The number of carbonyl (C=O) groups excluding carboxylic acids is 1. The molecule has 0 fully saturated rings. The van der Waals surface area contributed by atoms with Crippen molar-refractivity contribution in [2.45, 2.75) is 26.4 Å². The Labute approximate surface area is 129 Å². The van der Waals surface area contributed by atoms with Crippen molar-refractivity contribution in [3.8, 4) is 0 Å². The van der Waals surface area contributed by atoms with Crippen LogP contribution in [0.2, 0.25) is 5.02 Å². The lowest BCUT2D eigenvalue weighted by molar-refractivity contribution is 0.0688. The van der Waals surface area contributed by atoms with Crippen molar-refractivity contribution in [3.05, 3.63) is 58.9 Å². The lowest BCUT2D eigenvalue weighted by atomic mass is 10.1. The van der Waals surface area contributed by atoms with Gasteiger partial charge >= 0.3 is 0 Å². The highest BCUT2D eigenvalue weighted by Crippen LogP contribution is 2.22. The quantitative estimate of drug-likeness (QED) is 0.881. The predicted molar refractivity (Wildman–Crippen MR) is 85.1 cm³/mol. The van der Waals surface area contributed by atoms with Crippen LogP contribution in [0.5, 0.6) is 0 Å². The molecule has 0 atom stereocenters. The first-order chi connectivity index (χ1) is 9.99. The van der Waals surface area contributed by atoms with E-state index in [4.69, 9.17) is 17.3 Å². The first-order valence-electron chi connectivity index (χ1n) is 6.75. The molecule has 0 bridgehead atoms. The van der Waals surface area contributed by atoms with Gasteiger partial charge in [-0.05, 0) is 44.2 Å². The Hall–Kier alpha value is -2.07. The van der Waals surface area contributed by atoms with E-state index in [1.54, 1.807) is 29.3 Å². The second-order valence-electron chi connectivity index (χ2n) is 5.09. The number of hydrogen-bond acceptors (Lipinski definition) is 3. The Morgan fingerprint density at radius 1 is 1.33 bits per heavy atom. The lowest BCUT2D eigenvalue weighted by Gasteiger charge is -2.27. The fourth-order valence-electron chi connectivity index (χ4n) is 2.02. The van der Waals surface area contributed by atoms with Crippen molar-refractivity contribution >= 4 is 23.2 Å². The molecule has 0 aliphatic carbocycles. The SMILES string of the molecule is CC(C)N(Cc1ccccn1)C(=O)c1cc(N)ccc1Cl. The van der Waals surface area contributed by atoms with Crippen molar-refractivity contribution in [3.63, 3.8) is 0 Å². The zero-order valence-electron chi connectivity index (χ0n) is 12.1. The zero-order chi connectivity index (χ0) is 15.4. The molecule has 1 amide bonds. The summed E-state index contributed by atoms with van der Waals surface area (Å²) in [4.78, 5) is 18.7. The molecule has 0 aliphatic heterocycles. The van der Waals surface area contributed by atoms with Gasteiger partial charge in [0.1, 0.15) is 0 Å². The van der Waals surface area contributed by atoms with Gasteiger partial charge in [0.15, 0.2) is 0 Å². The molecule has 1 heterocycles. The van der Waals surface area contributed by atoms with E-state index in [2.05, 4.69) is 4.98 Å². The topological polar surface area (TPSA) is 59.2 Å². The number of anilines is 1. The Balaban J connectivity index is 2.30. The van der Waals surface area contributed by atoms with Crippen LogP contribution in [0.25, 0.3) is 0 Å². The third kappa shape index (κ3) is 3.73. The van der Waals surface area contributed by atoms with Crippen molar-refractivity contribution in [2.24, 2.45) is 0 Å². The van der Waals surface area contributed by atoms with Crippen molar-refractivity contribution in [1.82, 2.24) is 9.88 Å². The minimum Gasteiger partial charge on any atom is -0.399 e. The average Bonchev–Trinajstić information content (AvgIpc) is 2.47. The minimum atomic E-state index is -0.145. The monoisotopic (exact) mass is 303 g/mol. The van der Waals surface area contributed by atoms with E-state index in [9.17, 15) is 4.79 Å². The summed E-state index contributed by atoms with van der Waals surface area (Å²) in [5, 5.41) is 0.404. The fourth-order valence-corrected chi connectivity index (χ4v) is 2.21. The number of nitrogens with zero attached hydrogens (tertiary/aromatic N) is 2. The number of carbonyl (C=O) groups is 1. The van der Waals surface area contributed by atoms with Gasteiger partial charge in [-0.25, -0.2) is 0 Å². The Kier molecular flexibility index (Phi) is 4.81. The Morgan fingerprint density at radius 2 is 2.10 bits per heavy atom. The summed E-state index contributed by atoms with van der Waals surface area (Å²) in [5.41, 5.74) is 7.52. The summed E-state index contributed by atoms with van der Waals surface area (Å²) in [6.07, 6.45) is 1.71. The van der Waals surface area contributed by atoms with E-state index in [1.807, 2.05) is 32.0 Å². The van der Waals surface area contributed by atoms with Crippen molar-refractivity contribution in [2.75, 3.05) is 5.73 Å². The molecule has 2 N–H and O–H groups in total. The Bertz CT molecular complexity index is 629. The molecular formula is C16H18ClN3O. The van der Waals surface area contributed by atoms with Gasteiger partial charge in [0, 0.05) is 17.9 Å². The third-order valence-electron chi connectivity index (χ3n) is 3.16. The number of aromatic nitrogens is 1. The smallest absolute Gasteiger partial charge is 0.256 e.